The molecule has 0 radical (unpaired) electrons. The van der Waals surface area contributed by atoms with Crippen LogP contribution in [0.25, 0.3) is 0 Å². The number of hydrogen-bond donors (Lipinski definition) is 0. The Balaban J connectivity index is 1.41. The molecule has 0 saturated carbocycles. The molecule has 5 heteroatoms. The van der Waals surface area contributed by atoms with Crippen LogP contribution in [0.4, 0.5) is 0 Å². The predicted molar refractivity (Wildman–Crippen MR) is 103 cm³/mol. The Morgan fingerprint density at radius 1 is 1.04 bits per heavy atom. The van der Waals surface area contributed by atoms with E-state index in [2.05, 4.69) is 0 Å². The van der Waals surface area contributed by atoms with E-state index in [-0.39, 0.29) is 5.91 Å². The third-order valence-electron chi connectivity index (χ3n) is 4.85. The molecule has 2 aromatic rings. The highest BCUT2D eigenvalue weighted by Crippen LogP contribution is 2.23. The van der Waals surface area contributed by atoms with Crippen LogP contribution in [0.3, 0.4) is 0 Å². The van der Waals surface area contributed by atoms with Gasteiger partial charge in [0.05, 0.1) is 13.7 Å². The topological polar surface area (TPSA) is 38.8 Å². The normalized spacial score (nSPS) is 14.9. The molecule has 0 bridgehead atoms. The minimum atomic E-state index is 0.100. The molecular formula is C21H24ClNO3. The van der Waals surface area contributed by atoms with E-state index in [0.29, 0.717) is 17.5 Å². The van der Waals surface area contributed by atoms with Gasteiger partial charge in [0.2, 0.25) is 0 Å². The maximum atomic E-state index is 12.6. The summed E-state index contributed by atoms with van der Waals surface area (Å²) in [6.45, 7) is 2.30. The molecule has 138 valence electrons. The molecule has 3 rings (SSSR count). The summed E-state index contributed by atoms with van der Waals surface area (Å²) in [5, 5.41) is 0.714. The van der Waals surface area contributed by atoms with Crippen LogP contribution in [0.2, 0.25) is 5.02 Å². The molecule has 0 spiro atoms. The molecule has 1 amide bonds. The van der Waals surface area contributed by atoms with Crippen molar-refractivity contribution in [1.29, 1.82) is 0 Å². The van der Waals surface area contributed by atoms with Crippen molar-refractivity contribution in [2.24, 2.45) is 5.92 Å². The Hall–Kier alpha value is -2.20. The van der Waals surface area contributed by atoms with Crippen molar-refractivity contribution in [3.05, 3.63) is 59.1 Å². The van der Waals surface area contributed by atoms with E-state index in [1.807, 2.05) is 53.4 Å². The van der Waals surface area contributed by atoms with E-state index >= 15 is 0 Å². The van der Waals surface area contributed by atoms with E-state index in [4.69, 9.17) is 21.1 Å². The number of carbonyl (C=O) groups is 1. The van der Waals surface area contributed by atoms with Gasteiger partial charge in [0.15, 0.2) is 0 Å². The summed E-state index contributed by atoms with van der Waals surface area (Å²) < 4.78 is 10.9. The average molecular weight is 374 g/mol. The second-order valence-electron chi connectivity index (χ2n) is 6.56. The number of piperidine rings is 1. The second kappa shape index (κ2) is 8.95. The molecule has 0 aromatic heterocycles. The Bertz CT molecular complexity index is 707. The Labute approximate surface area is 159 Å². The number of methoxy groups -OCH3 is 1. The molecule has 0 aliphatic carbocycles. The fraction of sp³-hybridized carbons (Fsp3) is 0.381. The van der Waals surface area contributed by atoms with Gasteiger partial charge in [0, 0.05) is 23.7 Å². The molecule has 1 fully saturated rings. The van der Waals surface area contributed by atoms with E-state index in [1.165, 1.54) is 0 Å². The zero-order valence-corrected chi connectivity index (χ0v) is 15.7. The monoisotopic (exact) mass is 373 g/mol. The first-order valence-electron chi connectivity index (χ1n) is 8.97. The first-order valence-corrected chi connectivity index (χ1v) is 9.35. The van der Waals surface area contributed by atoms with Gasteiger partial charge in [0.25, 0.3) is 5.91 Å². The molecule has 1 aliphatic heterocycles. The maximum Gasteiger partial charge on any atom is 0.253 e. The SMILES string of the molecule is COc1ccc(C(=O)N2CCC(CCOc3ccc(Cl)cc3)CC2)cc1. The van der Waals surface area contributed by atoms with Crippen molar-refractivity contribution < 1.29 is 14.3 Å². The van der Waals surface area contributed by atoms with Gasteiger partial charge in [0.1, 0.15) is 11.5 Å². The molecule has 0 unspecified atom stereocenters. The Morgan fingerprint density at radius 2 is 1.65 bits per heavy atom. The van der Waals surface area contributed by atoms with Crippen LogP contribution in [0.5, 0.6) is 11.5 Å². The number of benzene rings is 2. The molecule has 1 aliphatic rings. The van der Waals surface area contributed by atoms with Crippen LogP contribution in [-0.4, -0.2) is 37.6 Å². The fourth-order valence-corrected chi connectivity index (χ4v) is 3.34. The van der Waals surface area contributed by atoms with E-state index < -0.39 is 0 Å². The lowest BCUT2D eigenvalue weighted by atomic mass is 9.93. The van der Waals surface area contributed by atoms with Crippen LogP contribution in [0, 0.1) is 5.92 Å². The highest BCUT2D eigenvalue weighted by atomic mass is 35.5. The summed E-state index contributed by atoms with van der Waals surface area (Å²) in [5.74, 6) is 2.31. The van der Waals surface area contributed by atoms with Gasteiger partial charge in [-0.15, -0.1) is 0 Å². The van der Waals surface area contributed by atoms with Crippen LogP contribution in [-0.2, 0) is 0 Å². The number of halogens is 1. The molecule has 1 saturated heterocycles. The van der Waals surface area contributed by atoms with Crippen molar-refractivity contribution in [3.8, 4) is 11.5 Å². The quantitative estimate of drug-likeness (QED) is 0.738. The number of hydrogen-bond acceptors (Lipinski definition) is 3. The van der Waals surface area contributed by atoms with Crippen molar-refractivity contribution in [2.75, 3.05) is 26.8 Å². The zero-order valence-electron chi connectivity index (χ0n) is 15.0. The summed E-state index contributed by atoms with van der Waals surface area (Å²) >= 11 is 5.87. The van der Waals surface area contributed by atoms with Crippen molar-refractivity contribution in [3.63, 3.8) is 0 Å². The molecule has 4 nitrogen and oxygen atoms in total. The Kier molecular flexibility index (Phi) is 6.40. The van der Waals surface area contributed by atoms with Gasteiger partial charge < -0.3 is 14.4 Å². The summed E-state index contributed by atoms with van der Waals surface area (Å²) in [6.07, 6.45) is 3.05. The highest BCUT2D eigenvalue weighted by Gasteiger charge is 2.23. The van der Waals surface area contributed by atoms with E-state index in [0.717, 1.165) is 49.4 Å². The number of ether oxygens (including phenoxy) is 2. The molecule has 0 N–H and O–H groups in total. The minimum absolute atomic E-state index is 0.100. The van der Waals surface area contributed by atoms with Gasteiger partial charge >= 0.3 is 0 Å². The van der Waals surface area contributed by atoms with Gasteiger partial charge in [-0.25, -0.2) is 0 Å². The van der Waals surface area contributed by atoms with Gasteiger partial charge in [-0.3, -0.25) is 4.79 Å². The predicted octanol–water partition coefficient (Wildman–Crippen LogP) is 4.67. The van der Waals surface area contributed by atoms with Crippen molar-refractivity contribution in [1.82, 2.24) is 4.90 Å². The number of likely N-dealkylation sites (tertiary alicyclic amines) is 1. The number of nitrogens with zero attached hydrogens (tertiary/aromatic N) is 1. The summed E-state index contributed by atoms with van der Waals surface area (Å²) in [6, 6.07) is 14.7. The molecule has 2 aromatic carbocycles. The van der Waals surface area contributed by atoms with Gasteiger partial charge in [-0.2, -0.15) is 0 Å². The molecule has 1 heterocycles. The zero-order chi connectivity index (χ0) is 18.4. The van der Waals surface area contributed by atoms with E-state index in [9.17, 15) is 4.79 Å². The number of carbonyl (C=O) groups excluding carboxylic acids is 1. The lowest BCUT2D eigenvalue weighted by Gasteiger charge is -2.32. The third-order valence-corrected chi connectivity index (χ3v) is 5.10. The lowest BCUT2D eigenvalue weighted by molar-refractivity contribution is 0.0680. The second-order valence-corrected chi connectivity index (χ2v) is 6.99. The third kappa shape index (κ3) is 4.92. The van der Waals surface area contributed by atoms with Crippen LogP contribution in [0.1, 0.15) is 29.6 Å². The summed E-state index contributed by atoms with van der Waals surface area (Å²) in [7, 11) is 1.62. The lowest BCUT2D eigenvalue weighted by Crippen LogP contribution is -2.38. The summed E-state index contributed by atoms with van der Waals surface area (Å²) in [4.78, 5) is 14.5. The smallest absolute Gasteiger partial charge is 0.253 e. The Morgan fingerprint density at radius 3 is 2.27 bits per heavy atom. The van der Waals surface area contributed by atoms with Crippen LogP contribution >= 0.6 is 11.6 Å². The molecule has 26 heavy (non-hydrogen) atoms. The standard InChI is InChI=1S/C21H24ClNO3/c1-25-19-6-2-17(3-7-19)21(24)23-13-10-16(11-14-23)12-15-26-20-8-4-18(22)5-9-20/h2-9,16H,10-15H2,1H3. The van der Waals surface area contributed by atoms with Crippen molar-refractivity contribution >= 4 is 17.5 Å². The fourth-order valence-electron chi connectivity index (χ4n) is 3.22. The van der Waals surface area contributed by atoms with Gasteiger partial charge in [-0.1, -0.05) is 11.6 Å². The number of amides is 1. The number of rotatable bonds is 6. The largest absolute Gasteiger partial charge is 0.497 e. The first-order chi connectivity index (χ1) is 12.7. The van der Waals surface area contributed by atoms with Crippen LogP contribution < -0.4 is 9.47 Å². The maximum absolute atomic E-state index is 12.6. The highest BCUT2D eigenvalue weighted by molar-refractivity contribution is 6.30. The van der Waals surface area contributed by atoms with Crippen LogP contribution in [0.15, 0.2) is 48.5 Å². The van der Waals surface area contributed by atoms with Gasteiger partial charge in [-0.05, 0) is 73.7 Å². The first kappa shape index (κ1) is 18.6. The van der Waals surface area contributed by atoms with E-state index in [1.54, 1.807) is 7.11 Å². The average Bonchev–Trinajstić information content (AvgIpc) is 2.69. The van der Waals surface area contributed by atoms with Crippen molar-refractivity contribution in [2.45, 2.75) is 19.3 Å². The molecule has 0 atom stereocenters. The molecular weight excluding hydrogens is 350 g/mol. The summed E-state index contributed by atoms with van der Waals surface area (Å²) in [5.41, 5.74) is 0.718. The minimum Gasteiger partial charge on any atom is -0.497 e.